The highest BCUT2D eigenvalue weighted by molar-refractivity contribution is 5.94. The molecular weight excluding hydrogens is 222 g/mol. The fourth-order valence-corrected chi connectivity index (χ4v) is 4.07. The van der Waals surface area contributed by atoms with E-state index < -0.39 is 5.41 Å². The number of hydrogen-bond donors (Lipinski definition) is 0. The lowest BCUT2D eigenvalue weighted by molar-refractivity contribution is -0.142. The molecule has 1 unspecified atom stereocenters. The maximum atomic E-state index is 12.9. The molecule has 0 N–H and O–H groups in total. The van der Waals surface area contributed by atoms with E-state index in [-0.39, 0.29) is 17.1 Å². The molecule has 2 fully saturated rings. The molecule has 0 aliphatic heterocycles. The number of carbonyl (C=O) groups excluding carboxylic acids is 1. The van der Waals surface area contributed by atoms with Crippen LogP contribution in [0.2, 0.25) is 0 Å². The molecule has 3 atom stereocenters. The van der Waals surface area contributed by atoms with Crippen LogP contribution in [0.3, 0.4) is 0 Å². The van der Waals surface area contributed by atoms with Gasteiger partial charge in [-0.05, 0) is 49.0 Å². The van der Waals surface area contributed by atoms with Crippen molar-refractivity contribution in [2.45, 2.75) is 52.9 Å². The number of hydrogen-bond acceptors (Lipinski definition) is 2. The third-order valence-electron chi connectivity index (χ3n) is 5.33. The highest BCUT2D eigenvalue weighted by Crippen LogP contribution is 2.60. The van der Waals surface area contributed by atoms with Crippen molar-refractivity contribution in [3.8, 4) is 6.07 Å². The Hall–Kier alpha value is -1.10. The predicted octanol–water partition coefficient (Wildman–Crippen LogP) is 3.88. The number of nitrogens with zero attached hydrogens (tertiary/aromatic N) is 1. The fraction of sp³-hybridized carbons (Fsp3) is 0.750. The first-order chi connectivity index (χ1) is 8.39. The molecule has 2 rings (SSSR count). The zero-order chi connectivity index (χ0) is 13.6. The Balaban J connectivity index is 2.52. The van der Waals surface area contributed by atoms with Gasteiger partial charge in [0.15, 0.2) is 5.78 Å². The molecule has 2 nitrogen and oxygen atoms in total. The first kappa shape index (κ1) is 13.3. The summed E-state index contributed by atoms with van der Waals surface area (Å²) in [4.78, 5) is 12.9. The molecule has 18 heavy (non-hydrogen) atoms. The lowest BCUT2D eigenvalue weighted by Gasteiger charge is -2.53. The van der Waals surface area contributed by atoms with E-state index in [1.54, 1.807) is 0 Å². The molecule has 2 heteroatoms. The summed E-state index contributed by atoms with van der Waals surface area (Å²) in [6, 6.07) is 2.40. The smallest absolute Gasteiger partial charge is 0.161 e. The van der Waals surface area contributed by atoms with Crippen LogP contribution in [-0.4, -0.2) is 5.78 Å². The van der Waals surface area contributed by atoms with E-state index in [0.717, 1.165) is 37.7 Å². The van der Waals surface area contributed by atoms with Gasteiger partial charge < -0.3 is 0 Å². The van der Waals surface area contributed by atoms with Gasteiger partial charge in [-0.2, -0.15) is 5.26 Å². The van der Waals surface area contributed by atoms with Gasteiger partial charge in [-0.15, -0.1) is 0 Å². The van der Waals surface area contributed by atoms with Crippen LogP contribution in [0, 0.1) is 34.0 Å². The minimum absolute atomic E-state index is 0.0348. The summed E-state index contributed by atoms with van der Waals surface area (Å²) < 4.78 is 0. The predicted molar refractivity (Wildman–Crippen MR) is 71.7 cm³/mol. The van der Waals surface area contributed by atoms with Crippen LogP contribution in [0.5, 0.6) is 0 Å². The second-order valence-corrected chi connectivity index (χ2v) is 6.63. The topological polar surface area (TPSA) is 40.9 Å². The normalized spacial score (nSPS) is 40.5. The van der Waals surface area contributed by atoms with Crippen LogP contribution >= 0.6 is 0 Å². The van der Waals surface area contributed by atoms with Crippen molar-refractivity contribution in [2.24, 2.45) is 22.7 Å². The van der Waals surface area contributed by atoms with Gasteiger partial charge in [0.05, 0.1) is 6.07 Å². The molecule has 0 amide bonds. The highest BCUT2D eigenvalue weighted by Gasteiger charge is 2.61. The van der Waals surface area contributed by atoms with Crippen LogP contribution in [-0.2, 0) is 4.79 Å². The fourth-order valence-electron chi connectivity index (χ4n) is 4.07. The Bertz CT molecular complexity index is 431. The standard InChI is InChI=1S/C16H23NO/c1-11(2)13-7-9-15(4)8-5-6-12(3)16(15,10-17)14(13)18/h11,13H,3,5-9H2,1-2,4H3/t13?,15-,16+/m1/s1. The van der Waals surface area contributed by atoms with E-state index in [1.165, 1.54) is 0 Å². The van der Waals surface area contributed by atoms with E-state index in [2.05, 4.69) is 33.4 Å². The van der Waals surface area contributed by atoms with Gasteiger partial charge in [0, 0.05) is 5.92 Å². The number of rotatable bonds is 1. The zero-order valence-corrected chi connectivity index (χ0v) is 11.8. The van der Waals surface area contributed by atoms with Crippen LogP contribution in [0.1, 0.15) is 52.9 Å². The molecule has 2 saturated carbocycles. The van der Waals surface area contributed by atoms with Gasteiger partial charge in [0.1, 0.15) is 5.41 Å². The molecule has 98 valence electrons. The maximum Gasteiger partial charge on any atom is 0.161 e. The molecule has 0 heterocycles. The Morgan fingerprint density at radius 2 is 2.11 bits per heavy atom. The highest BCUT2D eigenvalue weighted by atomic mass is 16.1. The summed E-state index contributed by atoms with van der Waals surface area (Å²) in [6.45, 7) is 10.4. The molecular formula is C16H23NO. The van der Waals surface area contributed by atoms with Crippen molar-refractivity contribution in [3.05, 3.63) is 12.2 Å². The molecule has 0 saturated heterocycles. The van der Waals surface area contributed by atoms with E-state index in [1.807, 2.05) is 0 Å². The quantitative estimate of drug-likeness (QED) is 0.658. The van der Waals surface area contributed by atoms with Crippen molar-refractivity contribution >= 4 is 5.78 Å². The molecule has 0 aromatic carbocycles. The second kappa shape index (κ2) is 4.23. The average molecular weight is 245 g/mol. The Kier molecular flexibility index (Phi) is 3.13. The second-order valence-electron chi connectivity index (χ2n) is 6.63. The van der Waals surface area contributed by atoms with E-state index in [4.69, 9.17) is 0 Å². The zero-order valence-electron chi connectivity index (χ0n) is 11.8. The summed E-state index contributed by atoms with van der Waals surface area (Å²) in [5.41, 5.74) is -0.216. The first-order valence-electron chi connectivity index (χ1n) is 7.03. The third-order valence-corrected chi connectivity index (χ3v) is 5.33. The van der Waals surface area contributed by atoms with Crippen molar-refractivity contribution in [1.82, 2.24) is 0 Å². The third kappa shape index (κ3) is 1.49. The molecule has 0 aromatic rings. The van der Waals surface area contributed by atoms with Gasteiger partial charge in [0.25, 0.3) is 0 Å². The maximum absolute atomic E-state index is 12.9. The minimum Gasteiger partial charge on any atom is -0.297 e. The van der Waals surface area contributed by atoms with Gasteiger partial charge in [-0.3, -0.25) is 4.79 Å². The monoisotopic (exact) mass is 245 g/mol. The molecule has 0 bridgehead atoms. The van der Waals surface area contributed by atoms with Crippen molar-refractivity contribution in [1.29, 1.82) is 5.26 Å². The lowest BCUT2D eigenvalue weighted by atomic mass is 9.47. The van der Waals surface area contributed by atoms with Crippen molar-refractivity contribution in [2.75, 3.05) is 0 Å². The summed E-state index contributed by atoms with van der Waals surface area (Å²) in [6.07, 6.45) is 4.80. The summed E-state index contributed by atoms with van der Waals surface area (Å²) in [5.74, 6) is 0.507. The Morgan fingerprint density at radius 1 is 1.44 bits per heavy atom. The van der Waals surface area contributed by atoms with Gasteiger partial charge in [-0.1, -0.05) is 27.4 Å². The number of nitriles is 1. The van der Waals surface area contributed by atoms with E-state index >= 15 is 0 Å². The number of fused-ring (bicyclic) bond motifs is 1. The summed E-state index contributed by atoms with van der Waals surface area (Å²) >= 11 is 0. The number of ketones is 1. The first-order valence-corrected chi connectivity index (χ1v) is 7.03. The van der Waals surface area contributed by atoms with E-state index in [0.29, 0.717) is 5.92 Å². The largest absolute Gasteiger partial charge is 0.297 e. The number of Topliss-reactive ketones (excluding diaryl/α,β-unsaturated/α-hetero) is 1. The molecule has 0 radical (unpaired) electrons. The average Bonchev–Trinajstić information content (AvgIpc) is 2.29. The molecule has 2 aliphatic rings. The Morgan fingerprint density at radius 3 is 2.67 bits per heavy atom. The van der Waals surface area contributed by atoms with Crippen molar-refractivity contribution in [3.63, 3.8) is 0 Å². The van der Waals surface area contributed by atoms with Crippen molar-refractivity contribution < 1.29 is 4.79 Å². The number of carbonyl (C=O) groups is 1. The van der Waals surface area contributed by atoms with Crippen LogP contribution in [0.25, 0.3) is 0 Å². The summed E-state index contributed by atoms with van der Waals surface area (Å²) in [7, 11) is 0. The number of allylic oxidation sites excluding steroid dienone is 1. The van der Waals surface area contributed by atoms with Crippen LogP contribution in [0.15, 0.2) is 12.2 Å². The van der Waals surface area contributed by atoms with Gasteiger partial charge >= 0.3 is 0 Å². The Labute approximate surface area is 110 Å². The van der Waals surface area contributed by atoms with Gasteiger partial charge in [0.2, 0.25) is 0 Å². The molecule has 2 aliphatic carbocycles. The lowest BCUT2D eigenvalue weighted by Crippen LogP contribution is -2.55. The molecule has 0 aromatic heterocycles. The van der Waals surface area contributed by atoms with E-state index in [9.17, 15) is 10.1 Å². The summed E-state index contributed by atoms with van der Waals surface area (Å²) in [5, 5.41) is 9.75. The minimum atomic E-state index is -0.904. The SMILES string of the molecule is C=C1CCC[C@]2(C)CCC(C(C)C)C(=O)[C@]12C#N. The van der Waals surface area contributed by atoms with Gasteiger partial charge in [-0.25, -0.2) is 0 Å². The van der Waals surface area contributed by atoms with Crippen LogP contribution in [0.4, 0.5) is 0 Å². The van der Waals surface area contributed by atoms with Crippen LogP contribution < -0.4 is 0 Å². The molecule has 0 spiro atoms.